The van der Waals surface area contributed by atoms with Crippen molar-refractivity contribution < 1.29 is 19.5 Å². The van der Waals surface area contributed by atoms with Crippen molar-refractivity contribution >= 4 is 23.9 Å². The number of hydrazone groups is 1. The van der Waals surface area contributed by atoms with Crippen LogP contribution in [0.3, 0.4) is 0 Å². The molecule has 3 N–H and O–H groups in total. The van der Waals surface area contributed by atoms with Crippen LogP contribution >= 0.6 is 0 Å². The first-order chi connectivity index (χ1) is 7.36. The van der Waals surface area contributed by atoms with Crippen molar-refractivity contribution in [2.45, 2.75) is 6.92 Å². The van der Waals surface area contributed by atoms with Gasteiger partial charge in [-0.05, 0) is 18.6 Å². The molecule has 0 heterocycles. The second kappa shape index (κ2) is 6.33. The molecule has 0 saturated heterocycles. The van der Waals surface area contributed by atoms with Crippen LogP contribution in [0.25, 0.3) is 0 Å². The van der Waals surface area contributed by atoms with Crippen molar-refractivity contribution in [2.75, 3.05) is 13.6 Å². The van der Waals surface area contributed by atoms with Crippen molar-refractivity contribution in [3.8, 4) is 0 Å². The van der Waals surface area contributed by atoms with Crippen molar-refractivity contribution in [1.82, 2.24) is 5.01 Å². The number of aldehydes is 1. The predicted molar refractivity (Wildman–Crippen MR) is 56.7 cm³/mol. The lowest BCUT2D eigenvalue weighted by atomic mass is 10.2. The molecule has 1 amide bonds. The van der Waals surface area contributed by atoms with Crippen molar-refractivity contribution in [3.63, 3.8) is 0 Å². The standard InChI is InChI=1S/C9H13N3O4/c1-6(5-13)3-7(9(15)16)11-12(2)4-8(10)14/h3,5H,4H2,1-2H3,(H2,10,14)(H,15,16)/b6-3+,11-7+. The van der Waals surface area contributed by atoms with E-state index in [0.29, 0.717) is 6.29 Å². The van der Waals surface area contributed by atoms with Crippen LogP contribution < -0.4 is 5.73 Å². The molecule has 0 radical (unpaired) electrons. The van der Waals surface area contributed by atoms with Crippen LogP contribution in [0.5, 0.6) is 0 Å². The molecule has 0 unspecified atom stereocenters. The summed E-state index contributed by atoms with van der Waals surface area (Å²) in [5, 5.41) is 13.5. The first-order valence-corrected chi connectivity index (χ1v) is 4.31. The Labute approximate surface area is 92.2 Å². The fourth-order valence-electron chi connectivity index (χ4n) is 0.828. The van der Waals surface area contributed by atoms with E-state index in [1.165, 1.54) is 14.0 Å². The smallest absolute Gasteiger partial charge is 0.356 e. The van der Waals surface area contributed by atoms with Crippen LogP contribution in [-0.2, 0) is 14.4 Å². The van der Waals surface area contributed by atoms with Gasteiger partial charge in [-0.2, -0.15) is 5.10 Å². The number of carbonyl (C=O) groups excluding carboxylic acids is 2. The Morgan fingerprint density at radius 3 is 2.44 bits per heavy atom. The fourth-order valence-corrected chi connectivity index (χ4v) is 0.828. The highest BCUT2D eigenvalue weighted by Crippen LogP contribution is 1.93. The number of likely N-dealkylation sites (N-methyl/N-ethyl adjacent to an activating group) is 1. The van der Waals surface area contributed by atoms with Gasteiger partial charge in [0, 0.05) is 7.05 Å². The van der Waals surface area contributed by atoms with Gasteiger partial charge in [-0.25, -0.2) is 4.79 Å². The van der Waals surface area contributed by atoms with Crippen LogP contribution in [-0.4, -0.2) is 47.6 Å². The molecule has 0 spiro atoms. The molecule has 0 aliphatic carbocycles. The summed E-state index contributed by atoms with van der Waals surface area (Å²) in [4.78, 5) is 31.6. The van der Waals surface area contributed by atoms with E-state index in [4.69, 9.17) is 10.8 Å². The summed E-state index contributed by atoms with van der Waals surface area (Å²) < 4.78 is 0. The molecule has 7 heteroatoms. The van der Waals surface area contributed by atoms with E-state index in [2.05, 4.69) is 5.10 Å². The van der Waals surface area contributed by atoms with Crippen LogP contribution in [0.1, 0.15) is 6.92 Å². The highest BCUT2D eigenvalue weighted by molar-refractivity contribution is 6.40. The van der Waals surface area contributed by atoms with Crippen LogP contribution in [0.15, 0.2) is 16.8 Å². The number of carbonyl (C=O) groups is 3. The molecule has 88 valence electrons. The quantitative estimate of drug-likeness (QED) is 0.261. The Balaban J connectivity index is 4.91. The second-order valence-corrected chi connectivity index (χ2v) is 3.08. The highest BCUT2D eigenvalue weighted by atomic mass is 16.4. The van der Waals surface area contributed by atoms with Crippen LogP contribution in [0.4, 0.5) is 0 Å². The Kier molecular flexibility index (Phi) is 5.47. The zero-order valence-corrected chi connectivity index (χ0v) is 9.01. The molecular formula is C9H13N3O4. The van der Waals surface area contributed by atoms with Gasteiger partial charge in [0.05, 0.1) is 0 Å². The van der Waals surface area contributed by atoms with Gasteiger partial charge >= 0.3 is 5.97 Å². The lowest BCUT2D eigenvalue weighted by Gasteiger charge is -2.10. The molecule has 0 aliphatic rings. The average molecular weight is 227 g/mol. The molecule has 0 aliphatic heterocycles. The lowest BCUT2D eigenvalue weighted by Crippen LogP contribution is -2.29. The number of amides is 1. The lowest BCUT2D eigenvalue weighted by molar-refractivity contribution is -0.129. The molecule has 0 bridgehead atoms. The third-order valence-corrected chi connectivity index (χ3v) is 1.43. The number of hydrogen-bond donors (Lipinski definition) is 2. The van der Waals surface area contributed by atoms with Crippen LogP contribution in [0.2, 0.25) is 0 Å². The summed E-state index contributed by atoms with van der Waals surface area (Å²) in [6.07, 6.45) is 1.61. The van der Waals surface area contributed by atoms with Gasteiger partial charge in [-0.1, -0.05) is 0 Å². The van der Waals surface area contributed by atoms with Gasteiger partial charge in [-0.15, -0.1) is 0 Å². The number of rotatable bonds is 6. The minimum Gasteiger partial charge on any atom is -0.476 e. The maximum absolute atomic E-state index is 10.7. The SMILES string of the molecule is C/C(C=O)=C\C(=N/N(C)CC(N)=O)C(=O)O. The minimum atomic E-state index is -1.29. The number of aliphatic carboxylic acids is 1. The van der Waals surface area contributed by atoms with E-state index < -0.39 is 11.9 Å². The zero-order chi connectivity index (χ0) is 12.7. The first-order valence-electron chi connectivity index (χ1n) is 4.31. The highest BCUT2D eigenvalue weighted by Gasteiger charge is 2.09. The summed E-state index contributed by atoms with van der Waals surface area (Å²) >= 11 is 0. The summed E-state index contributed by atoms with van der Waals surface area (Å²) in [6, 6.07) is 0. The van der Waals surface area contributed by atoms with E-state index in [1.54, 1.807) is 0 Å². The molecular weight excluding hydrogens is 214 g/mol. The Bertz CT molecular complexity index is 360. The molecule has 16 heavy (non-hydrogen) atoms. The monoisotopic (exact) mass is 227 g/mol. The molecule has 0 aromatic rings. The maximum atomic E-state index is 10.7. The predicted octanol–water partition coefficient (Wildman–Crippen LogP) is -1.01. The van der Waals surface area contributed by atoms with Crippen molar-refractivity contribution in [3.05, 3.63) is 11.6 Å². The average Bonchev–Trinajstić information content (AvgIpc) is 2.14. The molecule has 0 rings (SSSR count). The summed E-state index contributed by atoms with van der Waals surface area (Å²) in [6.45, 7) is 1.24. The molecule has 0 saturated carbocycles. The van der Waals surface area contributed by atoms with Crippen molar-refractivity contribution in [2.24, 2.45) is 10.8 Å². The van der Waals surface area contributed by atoms with Gasteiger partial charge in [0.25, 0.3) is 0 Å². The van der Waals surface area contributed by atoms with Gasteiger partial charge in [0.15, 0.2) is 5.71 Å². The largest absolute Gasteiger partial charge is 0.476 e. The maximum Gasteiger partial charge on any atom is 0.356 e. The third kappa shape index (κ3) is 5.53. The molecule has 0 aromatic heterocycles. The Morgan fingerprint density at radius 1 is 1.50 bits per heavy atom. The van der Waals surface area contributed by atoms with E-state index in [-0.39, 0.29) is 17.8 Å². The number of carboxylic acid groups (broad SMARTS) is 1. The van der Waals surface area contributed by atoms with Crippen molar-refractivity contribution in [1.29, 1.82) is 0 Å². The number of carboxylic acids is 1. The molecule has 0 atom stereocenters. The molecule has 0 fully saturated rings. The van der Waals surface area contributed by atoms with E-state index in [0.717, 1.165) is 11.1 Å². The van der Waals surface area contributed by atoms with Gasteiger partial charge < -0.3 is 10.8 Å². The van der Waals surface area contributed by atoms with E-state index in [9.17, 15) is 14.4 Å². The third-order valence-electron chi connectivity index (χ3n) is 1.43. The van der Waals surface area contributed by atoms with Gasteiger partial charge in [0.1, 0.15) is 12.8 Å². The Morgan fingerprint density at radius 2 is 2.06 bits per heavy atom. The summed E-state index contributed by atoms with van der Waals surface area (Å²) in [5.41, 5.74) is 4.78. The normalized spacial score (nSPS) is 12.1. The Hall–Kier alpha value is -2.18. The number of nitrogens with two attached hydrogens (primary N) is 1. The van der Waals surface area contributed by atoms with Crippen LogP contribution in [0, 0.1) is 0 Å². The molecule has 0 aromatic carbocycles. The number of allylic oxidation sites excluding steroid dienone is 1. The summed E-state index contributed by atoms with van der Waals surface area (Å²) in [7, 11) is 1.40. The van der Waals surface area contributed by atoms with E-state index in [1.807, 2.05) is 0 Å². The topological polar surface area (TPSA) is 113 Å². The number of nitrogens with zero attached hydrogens (tertiary/aromatic N) is 2. The number of hydrogen-bond acceptors (Lipinski definition) is 5. The van der Waals surface area contributed by atoms with E-state index >= 15 is 0 Å². The van der Waals surface area contributed by atoms with Gasteiger partial charge in [0.2, 0.25) is 5.91 Å². The van der Waals surface area contributed by atoms with Gasteiger partial charge in [-0.3, -0.25) is 14.6 Å². The zero-order valence-electron chi connectivity index (χ0n) is 9.01. The fraction of sp³-hybridized carbons (Fsp3) is 0.333. The number of primary amides is 1. The minimum absolute atomic E-state index is 0.204. The summed E-state index contributed by atoms with van der Waals surface area (Å²) in [5.74, 6) is -1.93. The first kappa shape index (κ1) is 13.8. The second-order valence-electron chi connectivity index (χ2n) is 3.08. The molecule has 7 nitrogen and oxygen atoms in total.